The molecule has 2 rings (SSSR count). The van der Waals surface area contributed by atoms with Gasteiger partial charge in [0.1, 0.15) is 6.10 Å². The van der Waals surface area contributed by atoms with Crippen molar-refractivity contribution in [3.8, 4) is 0 Å². The number of cyclic esters (lactones) is 1. The Morgan fingerprint density at radius 3 is 2.57 bits per heavy atom. The van der Waals surface area contributed by atoms with Crippen molar-refractivity contribution >= 4 is 11.9 Å². The molecule has 0 fully saturated rings. The maximum Gasteiger partial charge on any atom is 0.306 e. The van der Waals surface area contributed by atoms with Gasteiger partial charge in [-0.15, -0.1) is 0 Å². The van der Waals surface area contributed by atoms with Crippen LogP contribution in [-0.2, 0) is 14.3 Å². The summed E-state index contributed by atoms with van der Waals surface area (Å²) in [5.74, 6) is -0.657. The molecule has 0 bridgehead atoms. The highest BCUT2D eigenvalue weighted by molar-refractivity contribution is 5.73. The summed E-state index contributed by atoms with van der Waals surface area (Å²) in [4.78, 5) is 24.2. The van der Waals surface area contributed by atoms with E-state index in [-0.39, 0.29) is 35.5 Å². The average molecular weight is 484 g/mol. The van der Waals surface area contributed by atoms with Crippen LogP contribution in [0.3, 0.4) is 0 Å². The molecule has 0 aromatic carbocycles. The number of rotatable bonds is 4. The molecule has 7 atom stereocenters. The normalized spacial score (nSPS) is 35.7. The van der Waals surface area contributed by atoms with E-state index < -0.39 is 18.2 Å². The maximum atomic E-state index is 12.8. The van der Waals surface area contributed by atoms with Crippen molar-refractivity contribution in [3.05, 3.63) is 59.8 Å². The molecule has 2 N–H and O–H groups in total. The number of fused-ring (bicyclic) bond motifs is 1. The number of amides is 1. The van der Waals surface area contributed by atoms with E-state index in [0.717, 1.165) is 24.0 Å². The summed E-state index contributed by atoms with van der Waals surface area (Å²) < 4.78 is 5.93. The van der Waals surface area contributed by atoms with Crippen LogP contribution in [-0.4, -0.2) is 35.2 Å². The van der Waals surface area contributed by atoms with E-state index in [1.165, 1.54) is 6.92 Å². The summed E-state index contributed by atoms with van der Waals surface area (Å²) in [5, 5.41) is 13.7. The Morgan fingerprint density at radius 1 is 1.17 bits per heavy atom. The largest absolute Gasteiger partial charge is 0.461 e. The van der Waals surface area contributed by atoms with Gasteiger partial charge in [0.15, 0.2) is 0 Å². The molecule has 0 saturated carbocycles. The molecule has 194 valence electrons. The van der Waals surface area contributed by atoms with Crippen LogP contribution in [0.5, 0.6) is 0 Å². The lowest BCUT2D eigenvalue weighted by Crippen LogP contribution is -2.48. The molecule has 0 aromatic heterocycles. The molecule has 0 unspecified atom stereocenters. The number of aliphatic hydroxyl groups is 1. The third-order valence-corrected chi connectivity index (χ3v) is 7.39. The van der Waals surface area contributed by atoms with Crippen molar-refractivity contribution in [1.29, 1.82) is 0 Å². The van der Waals surface area contributed by atoms with E-state index in [0.29, 0.717) is 12.3 Å². The van der Waals surface area contributed by atoms with E-state index in [1.807, 2.05) is 13.8 Å². The zero-order chi connectivity index (χ0) is 26.2. The number of esters is 1. The highest BCUT2D eigenvalue weighted by Gasteiger charge is 2.34. The summed E-state index contributed by atoms with van der Waals surface area (Å²) in [6, 6.07) is -0.451. The highest BCUT2D eigenvalue weighted by Crippen LogP contribution is 2.40. The van der Waals surface area contributed by atoms with Gasteiger partial charge in [0, 0.05) is 31.1 Å². The lowest BCUT2D eigenvalue weighted by molar-refractivity contribution is -0.157. The standard InChI is InChI=1S/C30H45NO4/c1-20-11-10-13-27(33)35-29(23(4)28(34)24(5)31-25(6)32)22(3)15-14-21(2)19-26-12-8-9-17-30(26,7)18-16-20/h8,11-12,14-16,18-19,22-24,26,28-29,34H,9-10,13,17H2,1-7H3,(H,31,32)/b15-14+,18-16+,20-11-,21-19+/t22-,23-,24-,26-,28+,29-,30+/m1/s1. The zero-order valence-corrected chi connectivity index (χ0v) is 22.6. The Balaban J connectivity index is 2.38. The van der Waals surface area contributed by atoms with Gasteiger partial charge in [-0.2, -0.15) is 0 Å². The van der Waals surface area contributed by atoms with Gasteiger partial charge >= 0.3 is 5.97 Å². The van der Waals surface area contributed by atoms with E-state index in [2.05, 4.69) is 74.7 Å². The molecule has 0 saturated heterocycles. The van der Waals surface area contributed by atoms with E-state index in [4.69, 9.17) is 4.74 Å². The second kappa shape index (κ2) is 13.1. The van der Waals surface area contributed by atoms with Crippen LogP contribution in [0.1, 0.15) is 74.1 Å². The van der Waals surface area contributed by atoms with Crippen molar-refractivity contribution in [2.24, 2.45) is 23.2 Å². The summed E-state index contributed by atoms with van der Waals surface area (Å²) in [7, 11) is 0. The van der Waals surface area contributed by atoms with Crippen molar-refractivity contribution in [3.63, 3.8) is 0 Å². The third-order valence-electron chi connectivity index (χ3n) is 7.39. The molecule has 0 spiro atoms. The molecule has 0 radical (unpaired) electrons. The Labute approximate surface area is 212 Å². The number of carbonyl (C=O) groups excluding carboxylic acids is 2. The van der Waals surface area contributed by atoms with Gasteiger partial charge in [0.2, 0.25) is 5.91 Å². The highest BCUT2D eigenvalue weighted by atomic mass is 16.5. The number of ether oxygens (including phenoxy) is 1. The molecule has 35 heavy (non-hydrogen) atoms. The van der Waals surface area contributed by atoms with Crippen LogP contribution >= 0.6 is 0 Å². The average Bonchev–Trinajstić information content (AvgIpc) is 2.79. The van der Waals surface area contributed by atoms with Crippen LogP contribution in [0.4, 0.5) is 0 Å². The fraction of sp³-hybridized carbons (Fsp3) is 0.600. The lowest BCUT2D eigenvalue weighted by Gasteiger charge is -2.35. The Bertz CT molecular complexity index is 896. The molecule has 1 aliphatic heterocycles. The van der Waals surface area contributed by atoms with Crippen LogP contribution in [0.25, 0.3) is 0 Å². The number of nitrogens with one attached hydrogen (secondary N) is 1. The van der Waals surface area contributed by atoms with Gasteiger partial charge in [-0.05, 0) is 45.4 Å². The van der Waals surface area contributed by atoms with Gasteiger partial charge in [-0.25, -0.2) is 0 Å². The van der Waals surface area contributed by atoms with Gasteiger partial charge < -0.3 is 15.2 Å². The molecule has 5 heteroatoms. The Hall–Kier alpha value is -2.40. The first-order chi connectivity index (χ1) is 16.4. The van der Waals surface area contributed by atoms with E-state index >= 15 is 0 Å². The first-order valence-corrected chi connectivity index (χ1v) is 13.0. The van der Waals surface area contributed by atoms with Gasteiger partial charge in [-0.1, -0.05) is 80.5 Å². The monoisotopic (exact) mass is 483 g/mol. The van der Waals surface area contributed by atoms with Crippen LogP contribution in [0.15, 0.2) is 59.8 Å². The fourth-order valence-corrected chi connectivity index (χ4v) is 4.98. The molecule has 1 amide bonds. The number of allylic oxidation sites excluding steroid dienone is 9. The van der Waals surface area contributed by atoms with E-state index in [9.17, 15) is 14.7 Å². The number of hydrogen-bond donors (Lipinski definition) is 2. The lowest BCUT2D eigenvalue weighted by atomic mass is 9.69. The smallest absolute Gasteiger partial charge is 0.306 e. The number of carbonyl (C=O) groups is 2. The summed E-state index contributed by atoms with van der Waals surface area (Å²) in [6.45, 7) is 13.6. The number of hydrogen-bond acceptors (Lipinski definition) is 4. The van der Waals surface area contributed by atoms with Crippen molar-refractivity contribution in [1.82, 2.24) is 5.32 Å². The first kappa shape index (κ1) is 28.8. The zero-order valence-electron chi connectivity index (χ0n) is 22.6. The van der Waals surface area contributed by atoms with Crippen LogP contribution in [0.2, 0.25) is 0 Å². The Morgan fingerprint density at radius 2 is 1.89 bits per heavy atom. The molecule has 0 aromatic rings. The molecular formula is C30H45NO4. The SMILES string of the molecule is CC(=O)N[C@H](C)[C@@H](O)[C@@H](C)[C@@H]1OC(=O)CC/C=C(C)\C=C\[C@]2(C)CCC=C[C@@H]2/C=C(C)/C=C/[C@H]1C. The molecular weight excluding hydrogens is 438 g/mol. The molecule has 2 aliphatic rings. The van der Waals surface area contributed by atoms with Gasteiger partial charge in [-0.3, -0.25) is 9.59 Å². The Kier molecular flexibility index (Phi) is 10.8. The summed E-state index contributed by atoms with van der Waals surface area (Å²) in [6.07, 6.45) is 19.3. The third kappa shape index (κ3) is 8.64. The predicted octanol–water partition coefficient (Wildman–Crippen LogP) is 5.83. The topological polar surface area (TPSA) is 75.6 Å². The van der Waals surface area contributed by atoms with Gasteiger partial charge in [0.25, 0.3) is 0 Å². The second-order valence-electron chi connectivity index (χ2n) is 10.7. The van der Waals surface area contributed by atoms with Crippen LogP contribution < -0.4 is 5.32 Å². The summed E-state index contributed by atoms with van der Waals surface area (Å²) in [5.41, 5.74) is 2.33. The van der Waals surface area contributed by atoms with Crippen molar-refractivity contribution < 1.29 is 19.4 Å². The summed E-state index contributed by atoms with van der Waals surface area (Å²) >= 11 is 0. The van der Waals surface area contributed by atoms with Crippen molar-refractivity contribution in [2.45, 2.75) is 92.4 Å². The second-order valence-corrected chi connectivity index (χ2v) is 10.7. The predicted molar refractivity (Wildman–Crippen MR) is 142 cm³/mol. The quantitative estimate of drug-likeness (QED) is 0.390. The van der Waals surface area contributed by atoms with Crippen LogP contribution in [0, 0.1) is 23.2 Å². The minimum atomic E-state index is -0.852. The van der Waals surface area contributed by atoms with E-state index in [1.54, 1.807) is 6.92 Å². The molecule has 1 heterocycles. The maximum absolute atomic E-state index is 12.8. The number of aliphatic hydroxyl groups excluding tert-OH is 1. The minimum Gasteiger partial charge on any atom is -0.461 e. The molecule has 1 aliphatic carbocycles. The fourth-order valence-electron chi connectivity index (χ4n) is 4.98. The van der Waals surface area contributed by atoms with Crippen molar-refractivity contribution in [2.75, 3.05) is 0 Å². The minimum absolute atomic E-state index is 0.0432. The first-order valence-electron chi connectivity index (χ1n) is 13.0. The van der Waals surface area contributed by atoms with Gasteiger partial charge in [0.05, 0.1) is 12.1 Å². The molecule has 5 nitrogen and oxygen atoms in total.